The van der Waals surface area contributed by atoms with Crippen LogP contribution in [0.2, 0.25) is 0 Å². The molecule has 0 spiro atoms. The minimum absolute atomic E-state index is 0.283. The minimum Gasteiger partial charge on any atom is -0.378 e. The van der Waals surface area contributed by atoms with E-state index in [9.17, 15) is 9.59 Å². The van der Waals surface area contributed by atoms with Crippen molar-refractivity contribution in [2.45, 2.75) is 20.4 Å². The number of rotatable bonds is 3. The fourth-order valence-corrected chi connectivity index (χ4v) is 2.00. The monoisotopic (exact) mass is 263 g/mol. The molecule has 0 atom stereocenters. The Balaban J connectivity index is 2.31. The Hall–Kier alpha value is -2.31. The number of nitrogens with zero attached hydrogens (tertiary/aromatic N) is 3. The summed E-state index contributed by atoms with van der Waals surface area (Å²) in [7, 11) is 3.10. The molecule has 0 radical (unpaired) electrons. The Labute approximate surface area is 109 Å². The van der Waals surface area contributed by atoms with Crippen LogP contribution >= 0.6 is 0 Å². The fourth-order valence-electron chi connectivity index (χ4n) is 2.00. The van der Waals surface area contributed by atoms with Gasteiger partial charge in [-0.05, 0) is 13.8 Å². The number of nitrogens with one attached hydrogen (secondary N) is 2. The highest BCUT2D eigenvalue weighted by molar-refractivity contribution is 5.51. The number of aromatic amines is 1. The van der Waals surface area contributed by atoms with E-state index in [4.69, 9.17) is 0 Å². The van der Waals surface area contributed by atoms with E-state index in [-0.39, 0.29) is 11.2 Å². The molecule has 0 saturated heterocycles. The molecule has 19 heavy (non-hydrogen) atoms. The summed E-state index contributed by atoms with van der Waals surface area (Å²) >= 11 is 0. The normalized spacial score (nSPS) is 10.7. The zero-order chi connectivity index (χ0) is 14.2. The van der Waals surface area contributed by atoms with Gasteiger partial charge in [-0.25, -0.2) is 4.79 Å². The molecule has 0 fully saturated rings. The maximum atomic E-state index is 12.0. The van der Waals surface area contributed by atoms with Crippen molar-refractivity contribution in [1.82, 2.24) is 19.3 Å². The molecule has 0 aliphatic carbocycles. The highest BCUT2D eigenvalue weighted by atomic mass is 16.2. The summed E-state index contributed by atoms with van der Waals surface area (Å²) in [6.07, 6.45) is 1.56. The van der Waals surface area contributed by atoms with Crippen LogP contribution in [-0.4, -0.2) is 19.3 Å². The average Bonchev–Trinajstić information content (AvgIpc) is 2.70. The summed E-state index contributed by atoms with van der Waals surface area (Å²) in [6.45, 7) is 4.13. The van der Waals surface area contributed by atoms with Gasteiger partial charge in [-0.15, -0.1) is 0 Å². The van der Waals surface area contributed by atoms with E-state index in [1.165, 1.54) is 11.6 Å². The van der Waals surface area contributed by atoms with E-state index in [2.05, 4.69) is 15.5 Å². The Morgan fingerprint density at radius 3 is 2.58 bits per heavy atom. The van der Waals surface area contributed by atoms with Crippen molar-refractivity contribution in [3.8, 4) is 0 Å². The minimum atomic E-state index is -0.329. The van der Waals surface area contributed by atoms with Crippen molar-refractivity contribution < 1.29 is 0 Å². The van der Waals surface area contributed by atoms with Gasteiger partial charge < -0.3 is 9.88 Å². The Bertz CT molecular complexity index is 703. The van der Waals surface area contributed by atoms with Crippen molar-refractivity contribution >= 4 is 5.69 Å². The molecule has 0 amide bonds. The fraction of sp³-hybridized carbons (Fsp3) is 0.417. The predicted molar refractivity (Wildman–Crippen MR) is 72.3 cm³/mol. The topological polar surface area (TPSA) is 84.7 Å². The lowest BCUT2D eigenvalue weighted by Crippen LogP contribution is -2.38. The first-order valence-electron chi connectivity index (χ1n) is 5.92. The number of hydrogen-bond acceptors (Lipinski definition) is 4. The smallest absolute Gasteiger partial charge is 0.330 e. The molecule has 0 aromatic carbocycles. The number of H-pyrrole nitrogens is 1. The van der Waals surface area contributed by atoms with E-state index >= 15 is 0 Å². The number of anilines is 1. The zero-order valence-electron chi connectivity index (χ0n) is 11.4. The molecule has 0 saturated carbocycles. The van der Waals surface area contributed by atoms with Crippen molar-refractivity contribution in [2.75, 3.05) is 5.32 Å². The lowest BCUT2D eigenvalue weighted by Gasteiger charge is -2.09. The maximum Gasteiger partial charge on any atom is 0.330 e. The second kappa shape index (κ2) is 4.75. The van der Waals surface area contributed by atoms with Gasteiger partial charge in [0.05, 0.1) is 22.6 Å². The third kappa shape index (κ3) is 2.31. The van der Waals surface area contributed by atoms with Gasteiger partial charge in [0.25, 0.3) is 5.56 Å². The second-order valence-electron chi connectivity index (χ2n) is 4.57. The number of aromatic nitrogens is 4. The first-order valence-corrected chi connectivity index (χ1v) is 5.92. The quantitative estimate of drug-likeness (QED) is 0.818. The predicted octanol–water partition coefficient (Wildman–Crippen LogP) is 0.0360. The average molecular weight is 263 g/mol. The Kier molecular flexibility index (Phi) is 3.28. The van der Waals surface area contributed by atoms with Crippen LogP contribution in [0.4, 0.5) is 5.69 Å². The van der Waals surface area contributed by atoms with Crippen LogP contribution in [0.25, 0.3) is 0 Å². The maximum absolute atomic E-state index is 12.0. The summed E-state index contributed by atoms with van der Waals surface area (Å²) in [6, 6.07) is 0. The van der Waals surface area contributed by atoms with Crippen molar-refractivity contribution in [3.05, 3.63) is 44.0 Å². The van der Waals surface area contributed by atoms with Gasteiger partial charge >= 0.3 is 5.69 Å². The molecule has 2 aromatic heterocycles. The van der Waals surface area contributed by atoms with E-state index < -0.39 is 0 Å². The summed E-state index contributed by atoms with van der Waals surface area (Å²) in [5.74, 6) is 0. The molecule has 7 heteroatoms. The molecule has 102 valence electrons. The van der Waals surface area contributed by atoms with Gasteiger partial charge in [0.2, 0.25) is 0 Å². The molecule has 0 bridgehead atoms. The molecule has 0 aliphatic heterocycles. The van der Waals surface area contributed by atoms with E-state index in [0.29, 0.717) is 12.1 Å². The van der Waals surface area contributed by atoms with Crippen LogP contribution in [0.1, 0.15) is 17.0 Å². The van der Waals surface area contributed by atoms with Crippen LogP contribution in [0, 0.1) is 13.8 Å². The largest absolute Gasteiger partial charge is 0.378 e. The highest BCUT2D eigenvalue weighted by Crippen LogP contribution is 2.16. The van der Waals surface area contributed by atoms with Gasteiger partial charge in [0, 0.05) is 26.8 Å². The van der Waals surface area contributed by atoms with Gasteiger partial charge in [-0.2, -0.15) is 5.10 Å². The molecular weight excluding hydrogens is 246 g/mol. The second-order valence-corrected chi connectivity index (χ2v) is 4.57. The zero-order valence-corrected chi connectivity index (χ0v) is 11.4. The third-order valence-electron chi connectivity index (χ3n) is 3.10. The summed E-state index contributed by atoms with van der Waals surface area (Å²) in [5, 5.41) is 10.1. The molecule has 2 heterocycles. The van der Waals surface area contributed by atoms with E-state index in [1.54, 1.807) is 13.2 Å². The van der Waals surface area contributed by atoms with E-state index in [1.807, 2.05) is 13.8 Å². The summed E-state index contributed by atoms with van der Waals surface area (Å²) in [4.78, 5) is 23.5. The van der Waals surface area contributed by atoms with Gasteiger partial charge in [-0.1, -0.05) is 0 Å². The van der Waals surface area contributed by atoms with Crippen LogP contribution in [0.5, 0.6) is 0 Å². The van der Waals surface area contributed by atoms with Crippen LogP contribution in [-0.2, 0) is 20.6 Å². The van der Waals surface area contributed by atoms with E-state index in [0.717, 1.165) is 21.6 Å². The molecule has 2 rings (SSSR count). The summed E-state index contributed by atoms with van der Waals surface area (Å²) < 4.78 is 2.50. The van der Waals surface area contributed by atoms with Crippen LogP contribution in [0.15, 0.2) is 15.8 Å². The highest BCUT2D eigenvalue weighted by Gasteiger charge is 2.09. The van der Waals surface area contributed by atoms with Crippen LogP contribution in [0.3, 0.4) is 0 Å². The third-order valence-corrected chi connectivity index (χ3v) is 3.10. The lowest BCUT2D eigenvalue weighted by atomic mass is 10.2. The van der Waals surface area contributed by atoms with Crippen molar-refractivity contribution in [2.24, 2.45) is 14.1 Å². The molecule has 0 aliphatic rings. The Morgan fingerprint density at radius 1 is 1.32 bits per heavy atom. The molecule has 7 nitrogen and oxygen atoms in total. The lowest BCUT2D eigenvalue weighted by molar-refractivity contribution is 0.671. The van der Waals surface area contributed by atoms with Crippen molar-refractivity contribution in [1.29, 1.82) is 0 Å². The Morgan fingerprint density at radius 2 is 2.00 bits per heavy atom. The first kappa shape index (κ1) is 13.1. The SMILES string of the molecule is Cc1n[nH]c(C)c1NCc1cn(C)c(=O)n(C)c1=O. The summed E-state index contributed by atoms with van der Waals surface area (Å²) in [5.41, 5.74) is 2.57. The number of aryl methyl sites for hydroxylation is 3. The van der Waals surface area contributed by atoms with Gasteiger partial charge in [0.15, 0.2) is 0 Å². The number of hydrogen-bond donors (Lipinski definition) is 2. The molecule has 2 aromatic rings. The first-order chi connectivity index (χ1) is 8.91. The molecule has 2 N–H and O–H groups in total. The van der Waals surface area contributed by atoms with Gasteiger partial charge in [0.1, 0.15) is 0 Å². The van der Waals surface area contributed by atoms with Crippen LogP contribution < -0.4 is 16.6 Å². The standard InChI is InChI=1S/C12H17N5O2/c1-7-10(8(2)15-14-7)13-5-9-6-16(3)12(19)17(4)11(9)18/h6,13H,5H2,1-4H3,(H,14,15). The van der Waals surface area contributed by atoms with Crippen molar-refractivity contribution in [3.63, 3.8) is 0 Å². The molecular formula is C12H17N5O2. The molecule has 0 unspecified atom stereocenters. The van der Waals surface area contributed by atoms with Gasteiger partial charge in [-0.3, -0.25) is 14.5 Å².